The van der Waals surface area contributed by atoms with E-state index in [-0.39, 0.29) is 12.6 Å². The Balaban J connectivity index is 1.64. The molecule has 3 aliphatic heterocycles. The Bertz CT molecular complexity index is 973. The summed E-state index contributed by atoms with van der Waals surface area (Å²) in [4.78, 5) is 13.4. The van der Waals surface area contributed by atoms with Gasteiger partial charge >= 0.3 is 0 Å². The maximum absolute atomic E-state index is 13.4. The van der Waals surface area contributed by atoms with E-state index in [4.69, 9.17) is 14.2 Å². The van der Waals surface area contributed by atoms with Crippen molar-refractivity contribution < 1.29 is 19.0 Å². The molecule has 1 aromatic carbocycles. The molecule has 4 heterocycles. The first-order valence-corrected chi connectivity index (χ1v) is 9.26. The third-order valence-electron chi connectivity index (χ3n) is 6.26. The molecule has 5 heteroatoms. The van der Waals surface area contributed by atoms with Crippen molar-refractivity contribution in [1.29, 1.82) is 0 Å². The van der Waals surface area contributed by atoms with Gasteiger partial charge in [-0.3, -0.25) is 4.79 Å². The lowest BCUT2D eigenvalue weighted by Crippen LogP contribution is -2.45. The first kappa shape index (κ1) is 14.5. The van der Waals surface area contributed by atoms with E-state index < -0.39 is 5.54 Å². The van der Waals surface area contributed by atoms with Gasteiger partial charge in [-0.25, -0.2) is 0 Å². The van der Waals surface area contributed by atoms with Crippen molar-refractivity contribution >= 4 is 5.78 Å². The maximum atomic E-state index is 13.4. The Kier molecular flexibility index (Phi) is 2.75. The van der Waals surface area contributed by atoms with Gasteiger partial charge in [0.15, 0.2) is 22.8 Å². The van der Waals surface area contributed by atoms with E-state index in [9.17, 15) is 4.79 Å². The second kappa shape index (κ2) is 4.93. The second-order valence-corrected chi connectivity index (χ2v) is 7.54. The standard InChI is InChI=1S/C21H19NO4/c23-19-6-2-5-13-3-1-4-14-7-8-22(20(13)14)21(19)11-24-16-10-18-17(9-15(16)21)25-12-26-18/h2,6-10,13H,1,3-5,11-12H2/b6-2-. The molecule has 1 aromatic heterocycles. The molecular weight excluding hydrogens is 330 g/mol. The SMILES string of the molecule is O=C1/C=C\CC2CCCc3ccn(c32)C12COc1cc3c(cc12)OCO3. The zero-order valence-corrected chi connectivity index (χ0v) is 14.4. The Labute approximate surface area is 151 Å². The van der Waals surface area contributed by atoms with Crippen molar-refractivity contribution in [3.05, 3.63) is 53.4 Å². The smallest absolute Gasteiger partial charge is 0.231 e. The van der Waals surface area contributed by atoms with Gasteiger partial charge in [0.05, 0.1) is 0 Å². The molecule has 5 nitrogen and oxygen atoms in total. The fraction of sp³-hybridized carbons (Fsp3) is 0.381. The van der Waals surface area contributed by atoms with Crippen LogP contribution < -0.4 is 14.2 Å². The van der Waals surface area contributed by atoms with Crippen LogP contribution in [0.2, 0.25) is 0 Å². The lowest BCUT2D eigenvalue weighted by atomic mass is 9.80. The van der Waals surface area contributed by atoms with Crippen LogP contribution >= 0.6 is 0 Å². The van der Waals surface area contributed by atoms with Crippen molar-refractivity contribution in [3.63, 3.8) is 0 Å². The maximum Gasteiger partial charge on any atom is 0.231 e. The number of benzene rings is 1. The number of aromatic nitrogens is 1. The normalized spacial score (nSPS) is 28.9. The summed E-state index contributed by atoms with van der Waals surface area (Å²) in [5.74, 6) is 2.61. The molecule has 2 atom stereocenters. The Morgan fingerprint density at radius 2 is 2.00 bits per heavy atom. The van der Waals surface area contributed by atoms with Gasteiger partial charge < -0.3 is 18.8 Å². The van der Waals surface area contributed by atoms with Crippen LogP contribution in [0.25, 0.3) is 0 Å². The average Bonchev–Trinajstić information content (AvgIpc) is 3.35. The monoisotopic (exact) mass is 349 g/mol. The molecule has 4 aliphatic rings. The molecule has 26 heavy (non-hydrogen) atoms. The molecule has 0 radical (unpaired) electrons. The molecule has 132 valence electrons. The number of carbonyl (C=O) groups is 1. The highest BCUT2D eigenvalue weighted by atomic mass is 16.7. The van der Waals surface area contributed by atoms with E-state index in [1.54, 1.807) is 6.08 Å². The summed E-state index contributed by atoms with van der Waals surface area (Å²) in [6.07, 6.45) is 10.3. The third kappa shape index (κ3) is 1.68. The minimum absolute atomic E-state index is 0.0672. The van der Waals surface area contributed by atoms with E-state index in [0.717, 1.165) is 18.4 Å². The van der Waals surface area contributed by atoms with Gasteiger partial charge in [0, 0.05) is 29.4 Å². The highest BCUT2D eigenvalue weighted by Gasteiger charge is 2.51. The van der Waals surface area contributed by atoms with Gasteiger partial charge in [0.1, 0.15) is 12.4 Å². The number of ketones is 1. The predicted molar refractivity (Wildman–Crippen MR) is 94.0 cm³/mol. The predicted octanol–water partition coefficient (Wildman–Crippen LogP) is 3.30. The molecular formula is C21H19NO4. The molecule has 1 spiro atoms. The molecule has 2 aromatic rings. The van der Waals surface area contributed by atoms with E-state index in [1.807, 2.05) is 18.2 Å². The minimum atomic E-state index is -0.851. The fourth-order valence-corrected chi connectivity index (χ4v) is 5.02. The lowest BCUT2D eigenvalue weighted by Gasteiger charge is -2.35. The first-order chi connectivity index (χ1) is 12.8. The summed E-state index contributed by atoms with van der Waals surface area (Å²) < 4.78 is 19.3. The van der Waals surface area contributed by atoms with E-state index in [1.165, 1.54) is 24.1 Å². The average molecular weight is 349 g/mol. The number of nitrogens with zero attached hydrogens (tertiary/aromatic N) is 1. The highest BCUT2D eigenvalue weighted by Crippen LogP contribution is 2.50. The number of aryl methyl sites for hydroxylation is 1. The van der Waals surface area contributed by atoms with E-state index in [0.29, 0.717) is 29.8 Å². The van der Waals surface area contributed by atoms with Crippen LogP contribution in [0, 0.1) is 0 Å². The molecule has 6 rings (SSSR count). The van der Waals surface area contributed by atoms with Crippen LogP contribution in [-0.4, -0.2) is 23.8 Å². The molecule has 1 aliphatic carbocycles. The topological polar surface area (TPSA) is 49.7 Å². The van der Waals surface area contributed by atoms with Crippen LogP contribution in [0.4, 0.5) is 0 Å². The van der Waals surface area contributed by atoms with Crippen LogP contribution in [0.3, 0.4) is 0 Å². The van der Waals surface area contributed by atoms with E-state index in [2.05, 4.69) is 16.8 Å². The molecule has 0 bridgehead atoms. The van der Waals surface area contributed by atoms with Crippen molar-refractivity contribution in [3.8, 4) is 17.2 Å². The number of hydrogen-bond acceptors (Lipinski definition) is 4. The van der Waals surface area contributed by atoms with E-state index >= 15 is 0 Å². The second-order valence-electron chi connectivity index (χ2n) is 7.54. The number of rotatable bonds is 0. The summed E-state index contributed by atoms with van der Waals surface area (Å²) >= 11 is 0. The molecule has 2 unspecified atom stereocenters. The van der Waals surface area contributed by atoms with Gasteiger partial charge in [-0.15, -0.1) is 0 Å². The van der Waals surface area contributed by atoms with Crippen molar-refractivity contribution in [2.45, 2.75) is 37.1 Å². The van der Waals surface area contributed by atoms with Gasteiger partial charge in [-0.1, -0.05) is 6.08 Å². The van der Waals surface area contributed by atoms with Gasteiger partial charge in [0.25, 0.3) is 0 Å². The number of hydrogen-bond donors (Lipinski definition) is 0. The zero-order chi connectivity index (χ0) is 17.3. The molecule has 0 saturated heterocycles. The fourth-order valence-electron chi connectivity index (χ4n) is 5.02. The summed E-state index contributed by atoms with van der Waals surface area (Å²) in [5.41, 5.74) is 2.71. The summed E-state index contributed by atoms with van der Waals surface area (Å²) in [6.45, 7) is 0.516. The van der Waals surface area contributed by atoms with Crippen LogP contribution in [0.1, 0.15) is 42.0 Å². The van der Waals surface area contributed by atoms with Crippen LogP contribution in [0.5, 0.6) is 17.2 Å². The minimum Gasteiger partial charge on any atom is -0.490 e. The number of fused-ring (bicyclic) bond motifs is 4. The van der Waals surface area contributed by atoms with Crippen LogP contribution in [0.15, 0.2) is 36.5 Å². The van der Waals surface area contributed by atoms with Gasteiger partial charge in [-0.2, -0.15) is 0 Å². The largest absolute Gasteiger partial charge is 0.490 e. The molecule has 0 N–H and O–H groups in total. The Hall–Kier alpha value is -2.69. The number of carbonyl (C=O) groups excluding carboxylic acids is 1. The number of allylic oxidation sites excluding steroid dienone is 2. The summed E-state index contributed by atoms with van der Waals surface area (Å²) in [5, 5.41) is 0. The lowest BCUT2D eigenvalue weighted by molar-refractivity contribution is -0.121. The quantitative estimate of drug-likeness (QED) is 0.732. The Morgan fingerprint density at radius 3 is 2.92 bits per heavy atom. The zero-order valence-electron chi connectivity index (χ0n) is 14.4. The van der Waals surface area contributed by atoms with Crippen molar-refractivity contribution in [2.75, 3.05) is 13.4 Å². The van der Waals surface area contributed by atoms with Crippen molar-refractivity contribution in [1.82, 2.24) is 4.57 Å². The highest BCUT2D eigenvalue weighted by molar-refractivity contribution is 6.00. The molecule has 0 saturated carbocycles. The molecule has 0 amide bonds. The summed E-state index contributed by atoms with van der Waals surface area (Å²) in [7, 11) is 0. The van der Waals surface area contributed by atoms with Crippen molar-refractivity contribution in [2.24, 2.45) is 0 Å². The number of ether oxygens (including phenoxy) is 3. The van der Waals surface area contributed by atoms with Gasteiger partial charge in [-0.05, 0) is 49.5 Å². The first-order valence-electron chi connectivity index (χ1n) is 9.26. The Morgan fingerprint density at radius 1 is 1.12 bits per heavy atom. The molecule has 0 fully saturated rings. The van der Waals surface area contributed by atoms with Crippen LogP contribution in [-0.2, 0) is 16.8 Å². The third-order valence-corrected chi connectivity index (χ3v) is 6.26. The van der Waals surface area contributed by atoms with Gasteiger partial charge in [0.2, 0.25) is 6.79 Å². The summed E-state index contributed by atoms with van der Waals surface area (Å²) in [6, 6.07) is 5.98.